The predicted octanol–water partition coefficient (Wildman–Crippen LogP) is 3.82. The van der Waals surface area contributed by atoms with Gasteiger partial charge in [0.05, 0.1) is 5.69 Å². The third kappa shape index (κ3) is 2.53. The molecular formula is C13H17FN4S. The molecule has 6 heteroatoms. The summed E-state index contributed by atoms with van der Waals surface area (Å²) in [6, 6.07) is 6.82. The lowest BCUT2D eigenvalue weighted by molar-refractivity contribution is 0.583. The minimum atomic E-state index is -0.270. The molecule has 1 heterocycles. The van der Waals surface area contributed by atoms with E-state index in [1.807, 2.05) is 36.3 Å². The normalized spacial score (nSPS) is 11.0. The van der Waals surface area contributed by atoms with Crippen LogP contribution in [0.5, 0.6) is 0 Å². The number of hydrogen-bond donors (Lipinski definition) is 1. The van der Waals surface area contributed by atoms with Gasteiger partial charge in [0, 0.05) is 12.6 Å². The summed E-state index contributed by atoms with van der Waals surface area (Å²) < 4.78 is 16.4. The van der Waals surface area contributed by atoms with E-state index in [1.54, 1.807) is 12.1 Å². The number of para-hydroxylation sites is 1. The predicted molar refractivity (Wildman–Crippen MR) is 76.9 cm³/mol. The van der Waals surface area contributed by atoms with Gasteiger partial charge in [-0.2, -0.15) is 0 Å². The molecule has 1 aromatic heterocycles. The van der Waals surface area contributed by atoms with Gasteiger partial charge < -0.3 is 4.90 Å². The largest absolute Gasteiger partial charge is 0.308 e. The smallest absolute Gasteiger partial charge is 0.230 e. The van der Waals surface area contributed by atoms with Crippen LogP contribution in [0.15, 0.2) is 24.3 Å². The molecule has 0 atom stereocenters. The number of halogens is 1. The van der Waals surface area contributed by atoms with E-state index < -0.39 is 0 Å². The van der Waals surface area contributed by atoms with Crippen LogP contribution in [-0.4, -0.2) is 21.3 Å². The molecule has 0 unspecified atom stereocenters. The molecule has 0 saturated carbocycles. The molecule has 0 spiro atoms. The number of nitrogens with one attached hydrogen (secondary N) is 1. The third-order valence-electron chi connectivity index (χ3n) is 2.90. The second-order valence-electron chi connectivity index (χ2n) is 4.49. The van der Waals surface area contributed by atoms with Gasteiger partial charge in [0.1, 0.15) is 5.82 Å². The Morgan fingerprint density at radius 1 is 1.42 bits per heavy atom. The lowest BCUT2D eigenvalue weighted by atomic mass is 10.3. The summed E-state index contributed by atoms with van der Waals surface area (Å²) in [5, 5.41) is 7.00. The SMILES string of the molecule is CCN(c1ccccc1F)c1n[nH]c(=S)n1C(C)C. The maximum atomic E-state index is 13.9. The Hall–Kier alpha value is -1.69. The number of benzene rings is 1. The molecule has 0 aliphatic rings. The Morgan fingerprint density at radius 3 is 2.68 bits per heavy atom. The van der Waals surface area contributed by atoms with Gasteiger partial charge in [0.2, 0.25) is 5.95 Å². The lowest BCUT2D eigenvalue weighted by Gasteiger charge is -2.24. The Bertz CT molecular complexity index is 617. The van der Waals surface area contributed by atoms with Crippen molar-refractivity contribution >= 4 is 23.9 Å². The van der Waals surface area contributed by atoms with E-state index in [0.29, 0.717) is 23.0 Å². The number of nitrogens with zero attached hydrogens (tertiary/aromatic N) is 3. The van der Waals surface area contributed by atoms with Crippen LogP contribution in [0, 0.1) is 10.6 Å². The average Bonchev–Trinajstić information content (AvgIpc) is 2.75. The fourth-order valence-electron chi connectivity index (χ4n) is 2.04. The van der Waals surface area contributed by atoms with Gasteiger partial charge in [-0.25, -0.2) is 9.49 Å². The van der Waals surface area contributed by atoms with Gasteiger partial charge in [0.25, 0.3) is 0 Å². The monoisotopic (exact) mass is 280 g/mol. The molecule has 0 fully saturated rings. The highest BCUT2D eigenvalue weighted by Crippen LogP contribution is 2.27. The van der Waals surface area contributed by atoms with E-state index in [9.17, 15) is 4.39 Å². The quantitative estimate of drug-likeness (QED) is 0.865. The number of H-pyrrole nitrogens is 1. The van der Waals surface area contributed by atoms with Crippen molar-refractivity contribution in [1.29, 1.82) is 0 Å². The van der Waals surface area contributed by atoms with E-state index in [0.717, 1.165) is 0 Å². The van der Waals surface area contributed by atoms with Crippen LogP contribution >= 0.6 is 12.2 Å². The molecule has 1 N–H and O–H groups in total. The van der Waals surface area contributed by atoms with E-state index >= 15 is 0 Å². The van der Waals surface area contributed by atoms with Crippen LogP contribution in [0.1, 0.15) is 26.8 Å². The van der Waals surface area contributed by atoms with Crippen molar-refractivity contribution in [1.82, 2.24) is 14.8 Å². The Kier molecular flexibility index (Phi) is 3.99. The highest BCUT2D eigenvalue weighted by Gasteiger charge is 2.19. The summed E-state index contributed by atoms with van der Waals surface area (Å²) in [6.07, 6.45) is 0. The van der Waals surface area contributed by atoms with E-state index in [-0.39, 0.29) is 11.9 Å². The lowest BCUT2D eigenvalue weighted by Crippen LogP contribution is -2.22. The average molecular weight is 280 g/mol. The van der Waals surface area contributed by atoms with Crippen molar-refractivity contribution in [2.45, 2.75) is 26.8 Å². The van der Waals surface area contributed by atoms with Crippen molar-refractivity contribution in [3.63, 3.8) is 0 Å². The zero-order valence-electron chi connectivity index (χ0n) is 11.2. The number of rotatable bonds is 4. The molecule has 2 aromatic rings. The number of aromatic nitrogens is 3. The molecule has 0 aliphatic heterocycles. The van der Waals surface area contributed by atoms with Crippen molar-refractivity contribution in [3.05, 3.63) is 34.9 Å². The first kappa shape index (κ1) is 13.7. The zero-order chi connectivity index (χ0) is 14.0. The van der Waals surface area contributed by atoms with E-state index in [2.05, 4.69) is 10.2 Å². The third-order valence-corrected chi connectivity index (χ3v) is 3.19. The molecule has 0 radical (unpaired) electrons. The van der Waals surface area contributed by atoms with Crippen LogP contribution in [0.4, 0.5) is 16.0 Å². The second kappa shape index (κ2) is 5.52. The van der Waals surface area contributed by atoms with Gasteiger partial charge in [-0.15, -0.1) is 5.10 Å². The van der Waals surface area contributed by atoms with Crippen LogP contribution < -0.4 is 4.90 Å². The van der Waals surface area contributed by atoms with Gasteiger partial charge in [-0.3, -0.25) is 4.57 Å². The molecule has 0 amide bonds. The highest BCUT2D eigenvalue weighted by atomic mass is 32.1. The molecule has 2 rings (SSSR count). The summed E-state index contributed by atoms with van der Waals surface area (Å²) in [4.78, 5) is 1.81. The summed E-state index contributed by atoms with van der Waals surface area (Å²) in [5.74, 6) is 0.362. The molecule has 4 nitrogen and oxygen atoms in total. The molecule has 102 valence electrons. The minimum absolute atomic E-state index is 0.155. The standard InChI is InChI=1S/C13H17FN4S/c1-4-17(11-8-6-5-7-10(11)14)12-15-16-13(19)18(12)9(2)3/h5-9H,4H2,1-3H3,(H,16,19). The molecule has 1 aromatic carbocycles. The van der Waals surface area contributed by atoms with Crippen molar-refractivity contribution < 1.29 is 4.39 Å². The number of hydrogen-bond acceptors (Lipinski definition) is 3. The Labute approximate surface area is 116 Å². The summed E-state index contributed by atoms with van der Waals surface area (Å²) in [7, 11) is 0. The minimum Gasteiger partial charge on any atom is -0.308 e. The van der Waals surface area contributed by atoms with Gasteiger partial charge in [0.15, 0.2) is 4.77 Å². The summed E-state index contributed by atoms with van der Waals surface area (Å²) in [6.45, 7) is 6.59. The zero-order valence-corrected chi connectivity index (χ0v) is 12.0. The van der Waals surface area contributed by atoms with Gasteiger partial charge in [-0.1, -0.05) is 12.1 Å². The van der Waals surface area contributed by atoms with Crippen molar-refractivity contribution in [3.8, 4) is 0 Å². The number of aromatic amines is 1. The van der Waals surface area contributed by atoms with Gasteiger partial charge in [-0.05, 0) is 45.1 Å². The first-order valence-electron chi connectivity index (χ1n) is 6.25. The maximum absolute atomic E-state index is 13.9. The van der Waals surface area contributed by atoms with Crippen LogP contribution in [-0.2, 0) is 0 Å². The summed E-state index contributed by atoms with van der Waals surface area (Å²) >= 11 is 5.22. The first-order chi connectivity index (χ1) is 9.06. The molecule has 19 heavy (non-hydrogen) atoms. The maximum Gasteiger partial charge on any atom is 0.230 e. The topological polar surface area (TPSA) is 36.9 Å². The fourth-order valence-corrected chi connectivity index (χ4v) is 2.38. The summed E-state index contributed by atoms with van der Waals surface area (Å²) in [5.41, 5.74) is 0.501. The van der Waals surface area contributed by atoms with Crippen LogP contribution in [0.3, 0.4) is 0 Å². The molecular weight excluding hydrogens is 263 g/mol. The Balaban J connectivity index is 2.55. The molecule has 0 aliphatic carbocycles. The fraction of sp³-hybridized carbons (Fsp3) is 0.385. The van der Waals surface area contributed by atoms with Gasteiger partial charge >= 0.3 is 0 Å². The van der Waals surface area contributed by atoms with Crippen molar-refractivity contribution in [2.75, 3.05) is 11.4 Å². The Morgan fingerprint density at radius 2 is 2.11 bits per heavy atom. The van der Waals surface area contributed by atoms with E-state index in [1.165, 1.54) is 6.07 Å². The van der Waals surface area contributed by atoms with Crippen LogP contribution in [0.2, 0.25) is 0 Å². The van der Waals surface area contributed by atoms with E-state index in [4.69, 9.17) is 12.2 Å². The number of anilines is 2. The van der Waals surface area contributed by atoms with Crippen molar-refractivity contribution in [2.24, 2.45) is 0 Å². The first-order valence-corrected chi connectivity index (χ1v) is 6.66. The second-order valence-corrected chi connectivity index (χ2v) is 4.87. The molecule has 0 bridgehead atoms. The highest BCUT2D eigenvalue weighted by molar-refractivity contribution is 7.71. The van der Waals surface area contributed by atoms with Crippen LogP contribution in [0.25, 0.3) is 0 Å². The molecule has 0 saturated heterocycles.